The number of hydrogen-bond donors (Lipinski definition) is 1. The lowest BCUT2D eigenvalue weighted by atomic mass is 9.92. The second-order valence-corrected chi connectivity index (χ2v) is 5.99. The molecule has 10 nitrogen and oxygen atoms in total. The van der Waals surface area contributed by atoms with Crippen LogP contribution in [0.4, 0.5) is 17.1 Å². The van der Waals surface area contributed by atoms with E-state index in [1.165, 1.54) is 12.1 Å². The molecule has 2 fully saturated rings. The Labute approximate surface area is 143 Å². The molecule has 1 N–H and O–H groups in total. The minimum absolute atomic E-state index is 0.0762. The highest BCUT2D eigenvalue weighted by Gasteiger charge is 2.44. The van der Waals surface area contributed by atoms with E-state index in [-0.39, 0.29) is 17.5 Å². The van der Waals surface area contributed by atoms with Gasteiger partial charge in [0.05, 0.1) is 28.2 Å². The third-order valence-electron chi connectivity index (χ3n) is 4.41. The van der Waals surface area contributed by atoms with Crippen molar-refractivity contribution in [3.63, 3.8) is 0 Å². The van der Waals surface area contributed by atoms with Gasteiger partial charge in [0.1, 0.15) is 11.3 Å². The van der Waals surface area contributed by atoms with Crippen molar-refractivity contribution in [3.8, 4) is 0 Å². The molecule has 2 atom stereocenters. The Hall–Kier alpha value is -2.59. The molecule has 0 radical (unpaired) electrons. The quantitative estimate of drug-likeness (QED) is 0.474. The Morgan fingerprint density at radius 1 is 1.24 bits per heavy atom. The summed E-state index contributed by atoms with van der Waals surface area (Å²) in [5.74, 6) is 0. The summed E-state index contributed by atoms with van der Waals surface area (Å²) >= 11 is 0. The highest BCUT2D eigenvalue weighted by molar-refractivity contribution is 5.73. The zero-order valence-electron chi connectivity index (χ0n) is 13.4. The number of rotatable bonds is 6. The summed E-state index contributed by atoms with van der Waals surface area (Å²) in [5.41, 5.74) is 1.29. The molecule has 0 spiro atoms. The van der Waals surface area contributed by atoms with Gasteiger partial charge in [0, 0.05) is 19.3 Å². The van der Waals surface area contributed by atoms with Crippen LogP contribution in [0.15, 0.2) is 23.3 Å². The molecule has 2 aliphatic heterocycles. The van der Waals surface area contributed by atoms with Crippen LogP contribution in [0, 0.1) is 20.2 Å². The van der Waals surface area contributed by atoms with Crippen molar-refractivity contribution >= 4 is 23.3 Å². The monoisotopic (exact) mass is 350 g/mol. The lowest BCUT2D eigenvalue weighted by Crippen LogP contribution is -2.43. The van der Waals surface area contributed by atoms with E-state index in [2.05, 4.69) is 10.5 Å². The maximum absolute atomic E-state index is 11.1. The largest absolute Gasteiger partial charge is 0.375 e. The average molecular weight is 350 g/mol. The molecule has 0 unspecified atom stereocenters. The summed E-state index contributed by atoms with van der Waals surface area (Å²) in [6, 6.07) is 3.36. The first kappa shape index (κ1) is 17.2. The van der Waals surface area contributed by atoms with E-state index in [1.807, 2.05) is 0 Å². The maximum atomic E-state index is 11.1. The zero-order chi connectivity index (χ0) is 17.9. The van der Waals surface area contributed by atoms with Crippen LogP contribution in [0.25, 0.3) is 0 Å². The van der Waals surface area contributed by atoms with E-state index >= 15 is 0 Å². The second-order valence-electron chi connectivity index (χ2n) is 5.99. The normalized spacial score (nSPS) is 26.2. The van der Waals surface area contributed by atoms with E-state index in [4.69, 9.17) is 9.47 Å². The van der Waals surface area contributed by atoms with Crippen LogP contribution in [-0.4, -0.2) is 41.0 Å². The number of nitrogens with zero attached hydrogens (tertiary/aromatic N) is 3. The third kappa shape index (κ3) is 3.59. The van der Waals surface area contributed by atoms with Crippen molar-refractivity contribution in [1.82, 2.24) is 0 Å². The predicted octanol–water partition coefficient (Wildman–Crippen LogP) is 2.63. The van der Waals surface area contributed by atoms with Crippen LogP contribution in [0.2, 0.25) is 0 Å². The molecule has 2 saturated heterocycles. The molecular weight excluding hydrogens is 332 g/mol. The van der Waals surface area contributed by atoms with Crippen molar-refractivity contribution < 1.29 is 19.3 Å². The summed E-state index contributed by atoms with van der Waals surface area (Å²) in [6.45, 7) is 1.30. The number of hydrazone groups is 1. The van der Waals surface area contributed by atoms with Crippen molar-refractivity contribution in [1.29, 1.82) is 0 Å². The van der Waals surface area contributed by atoms with Crippen LogP contribution in [0.1, 0.15) is 25.7 Å². The van der Waals surface area contributed by atoms with Gasteiger partial charge in [0.15, 0.2) is 0 Å². The van der Waals surface area contributed by atoms with Gasteiger partial charge in [-0.15, -0.1) is 0 Å². The van der Waals surface area contributed by atoms with Gasteiger partial charge in [-0.2, -0.15) is 5.10 Å². The lowest BCUT2D eigenvalue weighted by Gasteiger charge is -2.29. The summed E-state index contributed by atoms with van der Waals surface area (Å²) in [5, 5.41) is 26.0. The Bertz CT molecular complexity index is 695. The summed E-state index contributed by atoms with van der Waals surface area (Å²) < 4.78 is 11.6. The van der Waals surface area contributed by atoms with Crippen molar-refractivity contribution in [3.05, 3.63) is 38.4 Å². The van der Waals surface area contributed by atoms with Crippen molar-refractivity contribution in [2.75, 3.05) is 18.6 Å². The fourth-order valence-electron chi connectivity index (χ4n) is 3.18. The Balaban J connectivity index is 1.78. The standard InChI is InChI=1S/C15H18N4O6/c20-18(21)11-4-5-12(13(9-11)19(22)23)17-16-10-15(6-2-8-25-15)14-3-1-7-24-14/h4-5,9-10,14,17H,1-3,6-8H2/b16-10+/t14-,15+/m0/s1. The SMILES string of the molecule is O=[N+]([O-])c1ccc(N/N=C/[C@@]2([C@@H]3CCCO3)CCCO2)c([N+](=O)[O-])c1. The van der Waals surface area contributed by atoms with E-state index in [9.17, 15) is 20.2 Å². The van der Waals surface area contributed by atoms with E-state index < -0.39 is 21.1 Å². The fraction of sp³-hybridized carbons (Fsp3) is 0.533. The Morgan fingerprint density at radius 3 is 2.68 bits per heavy atom. The van der Waals surface area contributed by atoms with E-state index in [0.29, 0.717) is 13.2 Å². The molecule has 1 aromatic carbocycles. The number of ether oxygens (including phenoxy) is 2. The smallest absolute Gasteiger partial charge is 0.301 e. The lowest BCUT2D eigenvalue weighted by molar-refractivity contribution is -0.393. The van der Waals surface area contributed by atoms with Crippen LogP contribution >= 0.6 is 0 Å². The van der Waals surface area contributed by atoms with Gasteiger partial charge in [-0.3, -0.25) is 25.7 Å². The summed E-state index contributed by atoms with van der Waals surface area (Å²) in [6.07, 6.45) is 5.03. The van der Waals surface area contributed by atoms with Gasteiger partial charge in [-0.05, 0) is 31.7 Å². The van der Waals surface area contributed by atoms with Crippen molar-refractivity contribution in [2.24, 2.45) is 5.10 Å². The summed E-state index contributed by atoms with van der Waals surface area (Å²) in [7, 11) is 0. The molecule has 2 heterocycles. The van der Waals surface area contributed by atoms with E-state index in [1.54, 1.807) is 6.21 Å². The minimum atomic E-state index is -0.688. The molecule has 0 bridgehead atoms. The van der Waals surface area contributed by atoms with E-state index in [0.717, 1.165) is 31.7 Å². The molecule has 0 amide bonds. The molecule has 25 heavy (non-hydrogen) atoms. The van der Waals surface area contributed by atoms with Gasteiger partial charge >= 0.3 is 5.69 Å². The first-order valence-corrected chi connectivity index (χ1v) is 8.00. The Morgan fingerprint density at radius 2 is 2.08 bits per heavy atom. The molecule has 0 saturated carbocycles. The van der Waals surface area contributed by atoms with Gasteiger partial charge in [0.25, 0.3) is 5.69 Å². The van der Waals surface area contributed by atoms with Gasteiger partial charge in [-0.25, -0.2) is 0 Å². The van der Waals surface area contributed by atoms with Crippen LogP contribution in [0.3, 0.4) is 0 Å². The van der Waals surface area contributed by atoms with Gasteiger partial charge in [-0.1, -0.05) is 0 Å². The number of nitro benzene ring substituents is 2. The molecule has 0 aromatic heterocycles. The van der Waals surface area contributed by atoms with Crippen molar-refractivity contribution in [2.45, 2.75) is 37.4 Å². The fourth-order valence-corrected chi connectivity index (χ4v) is 3.18. The molecule has 0 aliphatic carbocycles. The van der Waals surface area contributed by atoms with Crippen LogP contribution in [0.5, 0.6) is 0 Å². The predicted molar refractivity (Wildman–Crippen MR) is 88.8 cm³/mol. The third-order valence-corrected chi connectivity index (χ3v) is 4.41. The molecule has 1 aromatic rings. The number of nitro groups is 2. The topological polar surface area (TPSA) is 129 Å². The second kappa shape index (κ2) is 7.11. The highest BCUT2D eigenvalue weighted by atomic mass is 16.6. The highest BCUT2D eigenvalue weighted by Crippen LogP contribution is 2.35. The first-order valence-electron chi connectivity index (χ1n) is 8.00. The first-order chi connectivity index (χ1) is 12.0. The molecule has 134 valence electrons. The zero-order valence-corrected chi connectivity index (χ0v) is 13.4. The number of hydrogen-bond acceptors (Lipinski definition) is 8. The maximum Gasteiger partial charge on any atom is 0.301 e. The van der Waals surface area contributed by atoms with Gasteiger partial charge in [0.2, 0.25) is 0 Å². The number of nitrogens with one attached hydrogen (secondary N) is 1. The number of anilines is 1. The minimum Gasteiger partial charge on any atom is -0.375 e. The molecule has 2 aliphatic rings. The molecule has 10 heteroatoms. The molecule has 3 rings (SSSR count). The number of benzene rings is 1. The van der Waals surface area contributed by atoms with Crippen LogP contribution in [-0.2, 0) is 9.47 Å². The summed E-state index contributed by atoms with van der Waals surface area (Å²) in [4.78, 5) is 20.5. The average Bonchev–Trinajstić information content (AvgIpc) is 3.27. The molecular formula is C15H18N4O6. The van der Waals surface area contributed by atoms with Crippen LogP contribution < -0.4 is 5.43 Å². The number of non-ortho nitro benzene ring substituents is 1. The van der Waals surface area contributed by atoms with Gasteiger partial charge < -0.3 is 9.47 Å². The Kier molecular flexibility index (Phi) is 4.91.